The van der Waals surface area contributed by atoms with E-state index in [0.717, 1.165) is 11.3 Å². The molecule has 0 bridgehead atoms. The molecule has 1 amide bonds. The van der Waals surface area contributed by atoms with Crippen molar-refractivity contribution in [2.24, 2.45) is 5.73 Å². The molecule has 1 heterocycles. The number of nitrogens with two attached hydrogens (primary N) is 1. The summed E-state index contributed by atoms with van der Waals surface area (Å²) in [5.74, 6) is 0.576. The average molecular weight is 236 g/mol. The molecule has 2 N–H and O–H groups in total. The molecule has 1 unspecified atom stereocenters. The maximum Gasteiger partial charge on any atom is 0.266 e. The zero-order chi connectivity index (χ0) is 12.4. The summed E-state index contributed by atoms with van der Waals surface area (Å²) in [6.07, 6.45) is 0. The van der Waals surface area contributed by atoms with E-state index >= 15 is 0 Å². The van der Waals surface area contributed by atoms with Crippen molar-refractivity contribution in [2.45, 2.75) is 13.0 Å². The van der Waals surface area contributed by atoms with Crippen LogP contribution in [0.15, 0.2) is 18.2 Å². The van der Waals surface area contributed by atoms with Gasteiger partial charge in [-0.05, 0) is 24.6 Å². The van der Waals surface area contributed by atoms with Crippen molar-refractivity contribution in [2.75, 3.05) is 25.3 Å². The third-order valence-electron chi connectivity index (χ3n) is 2.71. The fourth-order valence-corrected chi connectivity index (χ4v) is 1.77. The minimum atomic E-state index is -0.110. The number of anilines is 1. The van der Waals surface area contributed by atoms with Gasteiger partial charge in [0.15, 0.2) is 6.61 Å². The maximum atomic E-state index is 11.7. The fourth-order valence-electron chi connectivity index (χ4n) is 1.77. The lowest BCUT2D eigenvalue weighted by Gasteiger charge is -2.29. The molecule has 1 atom stereocenters. The van der Waals surface area contributed by atoms with Gasteiger partial charge < -0.3 is 15.2 Å². The molecule has 0 radical (unpaired) electrons. The highest BCUT2D eigenvalue weighted by molar-refractivity contribution is 5.97. The van der Waals surface area contributed by atoms with Crippen LogP contribution in [0.3, 0.4) is 0 Å². The summed E-state index contributed by atoms with van der Waals surface area (Å²) in [6, 6.07) is 5.53. The van der Waals surface area contributed by atoms with Crippen LogP contribution >= 0.6 is 0 Å². The molecule has 0 aromatic heterocycles. The van der Waals surface area contributed by atoms with Crippen LogP contribution in [0.4, 0.5) is 5.69 Å². The van der Waals surface area contributed by atoms with E-state index in [0.29, 0.717) is 5.75 Å². The number of benzene rings is 1. The Bertz CT molecular complexity index is 432. The van der Waals surface area contributed by atoms with E-state index < -0.39 is 0 Å². The van der Waals surface area contributed by atoms with E-state index in [2.05, 4.69) is 0 Å². The van der Waals surface area contributed by atoms with E-state index in [1.807, 2.05) is 25.1 Å². The molecule has 0 saturated heterocycles. The summed E-state index contributed by atoms with van der Waals surface area (Å²) in [5, 5.41) is 0. The van der Waals surface area contributed by atoms with Crippen molar-refractivity contribution in [1.82, 2.24) is 0 Å². The largest absolute Gasteiger partial charge is 0.482 e. The number of fused-ring (bicyclic) bond motifs is 1. The number of carbonyl (C=O) groups excluding carboxylic acids is 1. The third kappa shape index (κ3) is 2.25. The molecule has 1 aliphatic heterocycles. The summed E-state index contributed by atoms with van der Waals surface area (Å²) in [7, 11) is 1.55. The molecular weight excluding hydrogens is 220 g/mol. The number of methoxy groups -OCH3 is 1. The summed E-state index contributed by atoms with van der Waals surface area (Å²) in [5.41, 5.74) is 7.51. The van der Waals surface area contributed by atoms with Crippen molar-refractivity contribution in [3.05, 3.63) is 23.8 Å². The molecule has 0 aliphatic carbocycles. The van der Waals surface area contributed by atoms with E-state index in [4.69, 9.17) is 15.2 Å². The van der Waals surface area contributed by atoms with Gasteiger partial charge in [-0.15, -0.1) is 0 Å². The van der Waals surface area contributed by atoms with Crippen LogP contribution in [-0.2, 0) is 9.53 Å². The van der Waals surface area contributed by atoms with Crippen LogP contribution in [0.2, 0.25) is 0 Å². The lowest BCUT2D eigenvalue weighted by atomic mass is 10.1. The quantitative estimate of drug-likeness (QED) is 0.851. The Morgan fingerprint density at radius 2 is 2.35 bits per heavy atom. The van der Waals surface area contributed by atoms with Gasteiger partial charge in [0.2, 0.25) is 0 Å². The van der Waals surface area contributed by atoms with Gasteiger partial charge in [-0.25, -0.2) is 0 Å². The number of amides is 1. The summed E-state index contributed by atoms with van der Waals surface area (Å²) < 4.78 is 10.4. The van der Waals surface area contributed by atoms with Crippen molar-refractivity contribution in [3.8, 4) is 5.75 Å². The van der Waals surface area contributed by atoms with Crippen LogP contribution in [0.25, 0.3) is 0 Å². The van der Waals surface area contributed by atoms with Crippen molar-refractivity contribution >= 4 is 11.6 Å². The third-order valence-corrected chi connectivity index (χ3v) is 2.71. The molecule has 1 aromatic carbocycles. The molecule has 0 fully saturated rings. The molecule has 0 saturated carbocycles. The normalized spacial score (nSPS) is 16.4. The van der Waals surface area contributed by atoms with Crippen LogP contribution in [-0.4, -0.2) is 26.4 Å². The monoisotopic (exact) mass is 236 g/mol. The van der Waals surface area contributed by atoms with Crippen LogP contribution in [0.1, 0.15) is 18.5 Å². The number of hydrogen-bond acceptors (Lipinski definition) is 4. The van der Waals surface area contributed by atoms with Gasteiger partial charge in [0, 0.05) is 13.2 Å². The van der Waals surface area contributed by atoms with Crippen LogP contribution < -0.4 is 15.4 Å². The first-order chi connectivity index (χ1) is 8.13. The molecule has 92 valence electrons. The number of rotatable bonds is 3. The molecule has 5 heteroatoms. The summed E-state index contributed by atoms with van der Waals surface area (Å²) >= 11 is 0. The lowest BCUT2D eigenvalue weighted by molar-refractivity contribution is -0.122. The molecule has 0 spiro atoms. The van der Waals surface area contributed by atoms with Gasteiger partial charge in [-0.3, -0.25) is 9.69 Å². The molecular formula is C12H16N2O3. The van der Waals surface area contributed by atoms with Crippen molar-refractivity contribution in [1.29, 1.82) is 0 Å². The maximum absolute atomic E-state index is 11.7. The Hall–Kier alpha value is -1.59. The van der Waals surface area contributed by atoms with E-state index in [9.17, 15) is 4.79 Å². The fraction of sp³-hybridized carbons (Fsp3) is 0.417. The second-order valence-electron chi connectivity index (χ2n) is 4.04. The number of ether oxygens (including phenoxy) is 2. The van der Waals surface area contributed by atoms with Gasteiger partial charge in [-0.2, -0.15) is 0 Å². The van der Waals surface area contributed by atoms with Gasteiger partial charge in [0.05, 0.1) is 5.69 Å². The number of carbonyl (C=O) groups is 1. The minimum Gasteiger partial charge on any atom is -0.482 e. The predicted molar refractivity (Wildman–Crippen MR) is 63.9 cm³/mol. The highest BCUT2D eigenvalue weighted by Gasteiger charge is 2.25. The van der Waals surface area contributed by atoms with E-state index in [-0.39, 0.29) is 25.3 Å². The highest BCUT2D eigenvalue weighted by Crippen LogP contribution is 2.33. The van der Waals surface area contributed by atoms with Gasteiger partial charge in [0.1, 0.15) is 12.5 Å². The second-order valence-corrected chi connectivity index (χ2v) is 4.04. The van der Waals surface area contributed by atoms with Crippen LogP contribution in [0.5, 0.6) is 5.75 Å². The number of hydrogen-bond donors (Lipinski definition) is 1. The Balaban J connectivity index is 2.41. The Morgan fingerprint density at radius 1 is 1.59 bits per heavy atom. The molecule has 5 nitrogen and oxygen atoms in total. The Kier molecular flexibility index (Phi) is 3.31. The summed E-state index contributed by atoms with van der Waals surface area (Å²) in [4.78, 5) is 13.3. The smallest absolute Gasteiger partial charge is 0.266 e. The molecule has 1 aromatic rings. The van der Waals surface area contributed by atoms with Crippen LogP contribution in [0, 0.1) is 0 Å². The lowest BCUT2D eigenvalue weighted by Crippen LogP contribution is -2.40. The van der Waals surface area contributed by atoms with E-state index in [1.54, 1.807) is 12.0 Å². The predicted octanol–water partition coefficient (Wildman–Crippen LogP) is 1.04. The average Bonchev–Trinajstić information content (AvgIpc) is 2.32. The summed E-state index contributed by atoms with van der Waals surface area (Å²) in [6.45, 7) is 2.17. The first-order valence-corrected chi connectivity index (χ1v) is 5.45. The minimum absolute atomic E-state index is 0.0495. The zero-order valence-electron chi connectivity index (χ0n) is 9.97. The standard InChI is InChI=1S/C12H16N2O3/c1-8(13)9-3-4-11-10(5-9)14(7-16-2)12(15)6-17-11/h3-5,8H,6-7,13H2,1-2H3. The highest BCUT2D eigenvalue weighted by atomic mass is 16.5. The van der Waals surface area contributed by atoms with Gasteiger partial charge >= 0.3 is 0 Å². The number of nitrogens with zero attached hydrogens (tertiary/aromatic N) is 1. The van der Waals surface area contributed by atoms with Crippen molar-refractivity contribution in [3.63, 3.8) is 0 Å². The Labute approximate surface area is 100 Å². The SMILES string of the molecule is COCN1C(=O)COc2ccc(C(C)N)cc21. The van der Waals surface area contributed by atoms with Gasteiger partial charge in [0.25, 0.3) is 5.91 Å². The topological polar surface area (TPSA) is 64.8 Å². The molecule has 17 heavy (non-hydrogen) atoms. The first kappa shape index (κ1) is 11.9. The second kappa shape index (κ2) is 4.73. The molecule has 1 aliphatic rings. The van der Waals surface area contributed by atoms with Crippen molar-refractivity contribution < 1.29 is 14.3 Å². The first-order valence-electron chi connectivity index (χ1n) is 5.45. The zero-order valence-corrected chi connectivity index (χ0v) is 9.97. The van der Waals surface area contributed by atoms with E-state index in [1.165, 1.54) is 0 Å². The molecule has 2 rings (SSSR count). The van der Waals surface area contributed by atoms with Gasteiger partial charge in [-0.1, -0.05) is 6.07 Å². The Morgan fingerprint density at radius 3 is 3.00 bits per heavy atom.